The molecule has 1 atom stereocenters. The summed E-state index contributed by atoms with van der Waals surface area (Å²) in [5.41, 5.74) is 0. The highest BCUT2D eigenvalue weighted by Gasteiger charge is 2.40. The van der Waals surface area contributed by atoms with Gasteiger partial charge in [-0.15, -0.1) is 0 Å². The first-order valence-corrected chi connectivity index (χ1v) is 14.5. The van der Waals surface area contributed by atoms with Crippen molar-refractivity contribution >= 4 is 5.97 Å². The number of carbonyl (C=O) groups excluding carboxylic acids is 1. The first-order valence-electron chi connectivity index (χ1n) is 14.5. The molecule has 34 heavy (non-hydrogen) atoms. The van der Waals surface area contributed by atoms with Gasteiger partial charge in [-0.3, -0.25) is 4.89 Å². The number of hydrogen-bond acceptors (Lipinski definition) is 6. The maximum atomic E-state index is 12.1. The molecule has 0 saturated heterocycles. The molecular formula is C28H56O6. The molecule has 0 saturated carbocycles. The second kappa shape index (κ2) is 24.0. The molecule has 1 unspecified atom stereocenters. The lowest BCUT2D eigenvalue weighted by molar-refractivity contribution is -0.465. The summed E-state index contributed by atoms with van der Waals surface area (Å²) in [6, 6.07) is 0. The van der Waals surface area contributed by atoms with Gasteiger partial charge in [-0.25, -0.2) is 10.1 Å². The van der Waals surface area contributed by atoms with Gasteiger partial charge in [0.15, 0.2) is 5.79 Å². The van der Waals surface area contributed by atoms with E-state index in [0.29, 0.717) is 19.3 Å². The van der Waals surface area contributed by atoms with Gasteiger partial charge < -0.3 is 10.2 Å². The Morgan fingerprint density at radius 1 is 0.618 bits per heavy atom. The Bertz CT molecular complexity index is 441. The number of rotatable bonds is 26. The Morgan fingerprint density at radius 2 is 0.971 bits per heavy atom. The van der Waals surface area contributed by atoms with Gasteiger partial charge in [0.1, 0.15) is 5.92 Å². The molecule has 0 amide bonds. The van der Waals surface area contributed by atoms with E-state index in [1.54, 1.807) is 0 Å². The van der Waals surface area contributed by atoms with Crippen LogP contribution < -0.4 is 0 Å². The Labute approximate surface area is 209 Å². The van der Waals surface area contributed by atoms with Crippen LogP contribution in [0.3, 0.4) is 0 Å². The third kappa shape index (κ3) is 19.6. The van der Waals surface area contributed by atoms with Crippen LogP contribution in [0.15, 0.2) is 0 Å². The molecule has 0 radical (unpaired) electrons. The summed E-state index contributed by atoms with van der Waals surface area (Å²) in [5, 5.41) is 33.0. The fourth-order valence-corrected chi connectivity index (χ4v) is 4.69. The minimum Gasteiger partial charge on any atom is -0.365 e. The summed E-state index contributed by atoms with van der Waals surface area (Å²) >= 11 is 0. The molecule has 0 spiro atoms. The number of unbranched alkanes of at least 4 members (excludes halogenated alkanes) is 19. The zero-order valence-corrected chi connectivity index (χ0v) is 22.4. The third-order valence-corrected chi connectivity index (χ3v) is 6.96. The standard InChI is InChI=1S/C28H56O6/c1-3-5-7-9-11-12-13-14-15-16-17-18-19-21-23-25-28(30,31)26(27(29)33-34-32)24-22-20-10-8-6-4-2/h26,30-32H,3-25H2,1-2H3. The molecule has 6 heteroatoms. The van der Waals surface area contributed by atoms with E-state index < -0.39 is 17.7 Å². The summed E-state index contributed by atoms with van der Waals surface area (Å²) in [7, 11) is 0. The molecule has 3 N–H and O–H groups in total. The SMILES string of the molecule is CCCCCCCCCCCCCCCCCC(O)(O)C(CCCCCCCC)C(=O)OOO. The lowest BCUT2D eigenvalue weighted by Crippen LogP contribution is -2.43. The highest BCUT2D eigenvalue weighted by Crippen LogP contribution is 2.28. The fourth-order valence-electron chi connectivity index (χ4n) is 4.69. The third-order valence-electron chi connectivity index (χ3n) is 6.96. The zero-order valence-electron chi connectivity index (χ0n) is 22.4. The van der Waals surface area contributed by atoms with Crippen molar-refractivity contribution in [1.82, 2.24) is 0 Å². The van der Waals surface area contributed by atoms with Gasteiger partial charge in [-0.1, -0.05) is 142 Å². The van der Waals surface area contributed by atoms with Crippen LogP contribution >= 0.6 is 0 Å². The van der Waals surface area contributed by atoms with Crippen molar-refractivity contribution in [2.24, 2.45) is 5.92 Å². The second-order valence-electron chi connectivity index (χ2n) is 10.2. The lowest BCUT2D eigenvalue weighted by atomic mass is 9.88. The number of carbonyl (C=O) groups is 1. The van der Waals surface area contributed by atoms with Crippen LogP contribution in [0.2, 0.25) is 0 Å². The first-order chi connectivity index (χ1) is 16.5. The van der Waals surface area contributed by atoms with E-state index in [1.807, 2.05) is 0 Å². The average molecular weight is 489 g/mol. The smallest absolute Gasteiger partial charge is 0.354 e. The minimum absolute atomic E-state index is 0.117. The van der Waals surface area contributed by atoms with Crippen LogP contribution in [-0.2, 0) is 14.7 Å². The number of aliphatic hydroxyl groups is 2. The highest BCUT2D eigenvalue weighted by atomic mass is 17.5. The maximum absolute atomic E-state index is 12.1. The van der Waals surface area contributed by atoms with Crippen LogP contribution in [0, 0.1) is 5.92 Å². The van der Waals surface area contributed by atoms with E-state index in [2.05, 4.69) is 23.8 Å². The molecule has 0 aliphatic carbocycles. The Hall–Kier alpha value is -0.690. The molecule has 0 fully saturated rings. The quantitative estimate of drug-likeness (QED) is 0.0491. The van der Waals surface area contributed by atoms with Crippen molar-refractivity contribution in [3.8, 4) is 0 Å². The molecule has 0 aromatic rings. The molecule has 204 valence electrons. The Morgan fingerprint density at radius 3 is 1.35 bits per heavy atom. The predicted molar refractivity (Wildman–Crippen MR) is 138 cm³/mol. The molecule has 0 bridgehead atoms. The van der Waals surface area contributed by atoms with Crippen molar-refractivity contribution in [3.05, 3.63) is 0 Å². The highest BCUT2D eigenvalue weighted by molar-refractivity contribution is 5.72. The minimum atomic E-state index is -2.14. The lowest BCUT2D eigenvalue weighted by Gasteiger charge is -2.29. The first kappa shape index (κ1) is 33.3. The van der Waals surface area contributed by atoms with Crippen molar-refractivity contribution < 1.29 is 30.2 Å². The van der Waals surface area contributed by atoms with Gasteiger partial charge in [-0.2, -0.15) is 0 Å². The molecule has 0 aliphatic rings. The van der Waals surface area contributed by atoms with Crippen molar-refractivity contribution in [3.63, 3.8) is 0 Å². The average Bonchev–Trinajstić information content (AvgIpc) is 2.81. The van der Waals surface area contributed by atoms with E-state index in [1.165, 1.54) is 89.9 Å². The second-order valence-corrected chi connectivity index (χ2v) is 10.2. The van der Waals surface area contributed by atoms with Crippen LogP contribution in [0.5, 0.6) is 0 Å². The molecule has 0 aromatic heterocycles. The molecule has 0 rings (SSSR count). The van der Waals surface area contributed by atoms with Crippen LogP contribution in [0.25, 0.3) is 0 Å². The summed E-state index contributed by atoms with van der Waals surface area (Å²) < 4.78 is 0. The van der Waals surface area contributed by atoms with Gasteiger partial charge in [0.05, 0.1) is 0 Å². The monoisotopic (exact) mass is 488 g/mol. The fraction of sp³-hybridized carbons (Fsp3) is 0.964. The van der Waals surface area contributed by atoms with Crippen LogP contribution in [0.4, 0.5) is 0 Å². The van der Waals surface area contributed by atoms with E-state index in [0.717, 1.165) is 32.1 Å². The normalized spacial score (nSPS) is 12.7. The van der Waals surface area contributed by atoms with Crippen LogP contribution in [0.1, 0.15) is 162 Å². The van der Waals surface area contributed by atoms with Gasteiger partial charge in [0.25, 0.3) is 0 Å². The molecule has 6 nitrogen and oxygen atoms in total. The van der Waals surface area contributed by atoms with Gasteiger partial charge in [0.2, 0.25) is 0 Å². The summed E-state index contributed by atoms with van der Waals surface area (Å²) in [4.78, 5) is 16.3. The van der Waals surface area contributed by atoms with E-state index in [-0.39, 0.29) is 6.42 Å². The van der Waals surface area contributed by atoms with Gasteiger partial charge in [0, 0.05) is 6.42 Å². The van der Waals surface area contributed by atoms with E-state index >= 15 is 0 Å². The predicted octanol–water partition coefficient (Wildman–Crippen LogP) is 8.24. The van der Waals surface area contributed by atoms with Gasteiger partial charge in [-0.05, 0) is 17.9 Å². The largest absolute Gasteiger partial charge is 0.365 e. The molecule has 0 aliphatic heterocycles. The van der Waals surface area contributed by atoms with Crippen LogP contribution in [-0.4, -0.2) is 27.2 Å². The maximum Gasteiger partial charge on any atom is 0.354 e. The van der Waals surface area contributed by atoms with Gasteiger partial charge >= 0.3 is 5.97 Å². The summed E-state index contributed by atoms with van der Waals surface area (Å²) in [5.74, 6) is -4.19. The van der Waals surface area contributed by atoms with Crippen molar-refractivity contribution in [2.45, 2.75) is 167 Å². The molecule has 0 aromatic carbocycles. The summed E-state index contributed by atoms with van der Waals surface area (Å²) in [6.45, 7) is 4.42. The summed E-state index contributed by atoms with van der Waals surface area (Å²) in [6.07, 6.45) is 25.2. The zero-order chi connectivity index (χ0) is 25.3. The molecular weight excluding hydrogens is 432 g/mol. The van der Waals surface area contributed by atoms with E-state index in [9.17, 15) is 15.0 Å². The van der Waals surface area contributed by atoms with E-state index in [4.69, 9.17) is 5.26 Å². The van der Waals surface area contributed by atoms with Crippen molar-refractivity contribution in [1.29, 1.82) is 0 Å². The molecule has 0 heterocycles. The number of hydrogen-bond donors (Lipinski definition) is 3. The Kier molecular flexibility index (Phi) is 23.5. The Balaban J connectivity index is 3.89. The topological polar surface area (TPSA) is 96.2 Å². The van der Waals surface area contributed by atoms with Crippen molar-refractivity contribution in [2.75, 3.05) is 0 Å².